The Morgan fingerprint density at radius 1 is 1.00 bits per heavy atom. The molecule has 7 nitrogen and oxygen atoms in total. The molecule has 120 valence electrons. The Hall–Kier alpha value is -3.42. The maximum atomic E-state index is 11.2. The van der Waals surface area contributed by atoms with Crippen molar-refractivity contribution in [3.63, 3.8) is 0 Å². The van der Waals surface area contributed by atoms with Gasteiger partial charge in [0.25, 0.3) is 11.4 Å². The highest BCUT2D eigenvalue weighted by Gasteiger charge is 2.23. The number of non-ortho nitro benzene ring substituents is 2. The first-order valence-corrected chi connectivity index (χ1v) is 6.81. The highest BCUT2D eigenvalue weighted by molar-refractivity contribution is 6.01. The van der Waals surface area contributed by atoms with Gasteiger partial charge >= 0.3 is 0 Å². The van der Waals surface area contributed by atoms with Crippen LogP contribution in [0.25, 0.3) is 10.8 Å². The second kappa shape index (κ2) is 6.37. The molecule has 0 aliphatic carbocycles. The number of hydrogen-bond donors (Lipinski definition) is 1. The van der Waals surface area contributed by atoms with Crippen LogP contribution in [0, 0.1) is 43.9 Å². The van der Waals surface area contributed by atoms with Crippen LogP contribution < -0.4 is 0 Å². The fraction of sp³-hybridized carbons (Fsp3) is 0.176. The van der Waals surface area contributed by atoms with Crippen molar-refractivity contribution in [3.05, 3.63) is 56.1 Å². The summed E-state index contributed by atoms with van der Waals surface area (Å²) in [5, 5.41) is 32.1. The Morgan fingerprint density at radius 2 is 1.62 bits per heavy atom. The highest BCUT2D eigenvalue weighted by atomic mass is 16.6. The number of rotatable bonds is 2. The summed E-state index contributed by atoms with van der Waals surface area (Å²) < 4.78 is 0. The van der Waals surface area contributed by atoms with Crippen LogP contribution in [0.1, 0.15) is 19.4 Å². The summed E-state index contributed by atoms with van der Waals surface area (Å²) in [4.78, 5) is 21.0. The lowest BCUT2D eigenvalue weighted by Crippen LogP contribution is -2.14. The van der Waals surface area contributed by atoms with Gasteiger partial charge in [0.2, 0.25) is 0 Å². The van der Waals surface area contributed by atoms with Crippen LogP contribution in [0.2, 0.25) is 0 Å². The third kappa shape index (κ3) is 3.67. The van der Waals surface area contributed by atoms with Gasteiger partial charge in [0.05, 0.1) is 9.85 Å². The van der Waals surface area contributed by atoms with E-state index in [9.17, 15) is 25.3 Å². The molecule has 0 saturated heterocycles. The second-order valence-electron chi connectivity index (χ2n) is 5.41. The van der Waals surface area contributed by atoms with Crippen molar-refractivity contribution in [3.8, 4) is 23.7 Å². The summed E-state index contributed by atoms with van der Waals surface area (Å²) in [5.41, 5.74) is -1.52. The minimum Gasteiger partial charge on any atom is -0.378 e. The zero-order chi connectivity index (χ0) is 17.9. The van der Waals surface area contributed by atoms with Gasteiger partial charge in [-0.25, -0.2) is 0 Å². The number of benzene rings is 2. The van der Waals surface area contributed by atoms with Gasteiger partial charge in [-0.1, -0.05) is 24.0 Å². The predicted molar refractivity (Wildman–Crippen MR) is 88.2 cm³/mol. The molecule has 1 N–H and O–H groups in total. The molecular formula is C17H12N2O5. The quantitative estimate of drug-likeness (QED) is 0.519. The lowest BCUT2D eigenvalue weighted by atomic mass is 10.0. The van der Waals surface area contributed by atoms with Gasteiger partial charge in [-0.3, -0.25) is 20.2 Å². The zero-order valence-electron chi connectivity index (χ0n) is 12.9. The molecule has 0 aromatic heterocycles. The summed E-state index contributed by atoms with van der Waals surface area (Å²) in [6.45, 7) is 3.01. The summed E-state index contributed by atoms with van der Waals surface area (Å²) in [5.74, 6) is 10.2. The van der Waals surface area contributed by atoms with Gasteiger partial charge in [0, 0.05) is 23.1 Å². The van der Waals surface area contributed by atoms with E-state index in [0.717, 1.165) is 0 Å². The monoisotopic (exact) mass is 324 g/mol. The molecule has 0 atom stereocenters. The summed E-state index contributed by atoms with van der Waals surface area (Å²) in [6, 6.07) is 6.78. The molecule has 0 bridgehead atoms. The molecule has 0 amide bonds. The van der Waals surface area contributed by atoms with E-state index in [0.29, 0.717) is 10.9 Å². The highest BCUT2D eigenvalue weighted by Crippen LogP contribution is 2.35. The van der Waals surface area contributed by atoms with E-state index in [1.807, 2.05) is 0 Å². The number of fused-ring (bicyclic) bond motifs is 1. The number of aliphatic hydroxyl groups is 1. The Labute approximate surface area is 137 Å². The van der Waals surface area contributed by atoms with Gasteiger partial charge in [-0.05, 0) is 31.8 Å². The van der Waals surface area contributed by atoms with E-state index in [-0.39, 0.29) is 16.8 Å². The van der Waals surface area contributed by atoms with Crippen molar-refractivity contribution in [2.24, 2.45) is 0 Å². The minimum absolute atomic E-state index is 0.0743. The molecule has 0 fully saturated rings. The van der Waals surface area contributed by atoms with E-state index in [1.54, 1.807) is 0 Å². The van der Waals surface area contributed by atoms with Gasteiger partial charge in [0.15, 0.2) is 0 Å². The SMILES string of the molecule is CC(C)(O)C#CC#Cc1ccc([N+](=O)[O-])c2c([N+](=O)[O-])cccc12. The Balaban J connectivity index is 2.71. The van der Waals surface area contributed by atoms with Gasteiger partial charge in [0.1, 0.15) is 11.0 Å². The lowest BCUT2D eigenvalue weighted by molar-refractivity contribution is -0.390. The topological polar surface area (TPSA) is 107 Å². The van der Waals surface area contributed by atoms with Gasteiger partial charge < -0.3 is 5.11 Å². The molecule has 0 saturated carbocycles. The molecule has 0 unspecified atom stereocenters. The molecule has 0 aliphatic rings. The average molecular weight is 324 g/mol. The summed E-state index contributed by atoms with van der Waals surface area (Å²) in [6.07, 6.45) is 0. The first-order valence-electron chi connectivity index (χ1n) is 6.81. The van der Waals surface area contributed by atoms with Crippen molar-refractivity contribution >= 4 is 22.1 Å². The van der Waals surface area contributed by atoms with Crippen LogP contribution in [0.5, 0.6) is 0 Å². The van der Waals surface area contributed by atoms with Crippen molar-refractivity contribution in [1.29, 1.82) is 0 Å². The van der Waals surface area contributed by atoms with Crippen molar-refractivity contribution in [1.82, 2.24) is 0 Å². The number of hydrogen-bond acceptors (Lipinski definition) is 5. The molecule has 0 heterocycles. The maximum Gasteiger partial charge on any atom is 0.284 e. The molecule has 0 aliphatic heterocycles. The average Bonchev–Trinajstić information content (AvgIpc) is 2.49. The van der Waals surface area contributed by atoms with Crippen LogP contribution >= 0.6 is 0 Å². The van der Waals surface area contributed by atoms with Crippen LogP contribution in [0.4, 0.5) is 11.4 Å². The van der Waals surface area contributed by atoms with Gasteiger partial charge in [-0.15, -0.1) is 0 Å². The minimum atomic E-state index is -1.19. The van der Waals surface area contributed by atoms with E-state index in [4.69, 9.17) is 0 Å². The molecule has 2 rings (SSSR count). The Kier molecular flexibility index (Phi) is 4.50. The van der Waals surface area contributed by atoms with Crippen molar-refractivity contribution in [2.45, 2.75) is 19.4 Å². The summed E-state index contributed by atoms with van der Waals surface area (Å²) in [7, 11) is 0. The Morgan fingerprint density at radius 3 is 2.21 bits per heavy atom. The molecule has 0 radical (unpaired) electrons. The smallest absolute Gasteiger partial charge is 0.284 e. The van der Waals surface area contributed by atoms with Crippen LogP contribution in [-0.2, 0) is 0 Å². The lowest BCUT2D eigenvalue weighted by Gasteiger charge is -2.04. The van der Waals surface area contributed by atoms with E-state index < -0.39 is 15.4 Å². The second-order valence-corrected chi connectivity index (χ2v) is 5.41. The van der Waals surface area contributed by atoms with Crippen LogP contribution in [-0.4, -0.2) is 20.6 Å². The Bertz CT molecular complexity index is 946. The maximum absolute atomic E-state index is 11.2. The van der Waals surface area contributed by atoms with Crippen LogP contribution in [0.3, 0.4) is 0 Å². The summed E-state index contributed by atoms with van der Waals surface area (Å²) >= 11 is 0. The zero-order valence-corrected chi connectivity index (χ0v) is 12.9. The largest absolute Gasteiger partial charge is 0.378 e. The third-order valence-corrected chi connectivity index (χ3v) is 3.02. The normalized spacial score (nSPS) is 10.3. The molecule has 7 heteroatoms. The van der Waals surface area contributed by atoms with E-state index in [2.05, 4.69) is 23.7 Å². The predicted octanol–water partition coefficient (Wildman–Crippen LogP) is 2.78. The standard InChI is InChI=1S/C17H12N2O5/c1-17(2,20)11-4-3-6-12-9-10-15(19(23)24)16-13(12)7-5-8-14(16)18(21)22/h5,7-10,20H,1-2H3. The molecule has 2 aromatic carbocycles. The van der Waals surface area contributed by atoms with E-state index >= 15 is 0 Å². The van der Waals surface area contributed by atoms with Gasteiger partial charge in [-0.2, -0.15) is 0 Å². The number of nitro groups is 2. The third-order valence-electron chi connectivity index (χ3n) is 3.02. The van der Waals surface area contributed by atoms with Crippen LogP contribution in [0.15, 0.2) is 30.3 Å². The first kappa shape index (κ1) is 16.9. The fourth-order valence-corrected chi connectivity index (χ4v) is 2.07. The van der Waals surface area contributed by atoms with Crippen molar-refractivity contribution in [2.75, 3.05) is 0 Å². The first-order chi connectivity index (χ1) is 11.2. The molecule has 2 aromatic rings. The molecular weight excluding hydrogens is 312 g/mol. The van der Waals surface area contributed by atoms with E-state index in [1.165, 1.54) is 44.2 Å². The van der Waals surface area contributed by atoms with Crippen molar-refractivity contribution < 1.29 is 15.0 Å². The molecule has 0 spiro atoms. The fourth-order valence-electron chi connectivity index (χ4n) is 2.07. The number of nitro benzene ring substituents is 2. The molecule has 24 heavy (non-hydrogen) atoms. The number of nitrogens with zero attached hydrogens (tertiary/aromatic N) is 2.